The molecule has 1 aliphatic rings. The molecule has 1 N–H and O–H groups in total. The van der Waals surface area contributed by atoms with Crippen LogP contribution >= 0.6 is 0 Å². The molecule has 0 spiro atoms. The monoisotopic (exact) mass is 231 g/mol. The van der Waals surface area contributed by atoms with E-state index >= 15 is 0 Å². The summed E-state index contributed by atoms with van der Waals surface area (Å²) in [6.45, 7) is 2.32. The summed E-state index contributed by atoms with van der Waals surface area (Å²) in [5.41, 5.74) is 2.57. The molecule has 2 heteroatoms. The number of H-pyrrole nitrogens is 1. The second kappa shape index (κ2) is 3.86. The molecule has 1 aromatic carbocycles. The second-order valence-electron chi connectivity index (χ2n) is 5.51. The highest BCUT2D eigenvalue weighted by atomic mass is 19.1. The van der Waals surface area contributed by atoms with Crippen molar-refractivity contribution in [3.63, 3.8) is 0 Å². The zero-order valence-electron chi connectivity index (χ0n) is 10.2. The molecular formula is C15H18FN. The van der Waals surface area contributed by atoms with E-state index in [1.54, 1.807) is 6.07 Å². The van der Waals surface area contributed by atoms with Crippen LogP contribution in [0.15, 0.2) is 24.4 Å². The summed E-state index contributed by atoms with van der Waals surface area (Å²) < 4.78 is 13.4. The number of rotatable bonds is 1. The molecule has 0 radical (unpaired) electrons. The Morgan fingerprint density at radius 1 is 1.18 bits per heavy atom. The van der Waals surface area contributed by atoms with E-state index in [1.165, 1.54) is 43.7 Å². The minimum Gasteiger partial charge on any atom is -0.361 e. The molecule has 3 rings (SSSR count). The Hall–Kier alpha value is -1.31. The first kappa shape index (κ1) is 10.8. The van der Waals surface area contributed by atoms with Crippen molar-refractivity contribution in [3.8, 4) is 0 Å². The lowest BCUT2D eigenvalue weighted by atomic mass is 9.71. The third-order valence-corrected chi connectivity index (χ3v) is 4.25. The average Bonchev–Trinajstić information content (AvgIpc) is 2.73. The number of benzene rings is 1. The van der Waals surface area contributed by atoms with Gasteiger partial charge in [-0.2, -0.15) is 0 Å². The Labute approximate surface area is 101 Å². The zero-order valence-corrected chi connectivity index (χ0v) is 10.2. The quantitative estimate of drug-likeness (QED) is 0.742. The minimum absolute atomic E-state index is 0.141. The SMILES string of the molecule is CC1(c2c[nH]c3ccc(F)cc23)CCCCC1. The summed E-state index contributed by atoms with van der Waals surface area (Å²) >= 11 is 0. The van der Waals surface area contributed by atoms with Gasteiger partial charge < -0.3 is 4.98 Å². The molecule has 0 atom stereocenters. The highest BCUT2D eigenvalue weighted by Gasteiger charge is 2.30. The summed E-state index contributed by atoms with van der Waals surface area (Å²) in [4.78, 5) is 3.27. The lowest BCUT2D eigenvalue weighted by Crippen LogP contribution is -2.24. The molecule has 1 nitrogen and oxygen atoms in total. The van der Waals surface area contributed by atoms with E-state index in [0.717, 1.165) is 10.9 Å². The van der Waals surface area contributed by atoms with E-state index < -0.39 is 0 Å². The molecule has 90 valence electrons. The normalized spacial score (nSPS) is 19.6. The van der Waals surface area contributed by atoms with Crippen LogP contribution in [-0.4, -0.2) is 4.98 Å². The molecule has 1 saturated carbocycles. The van der Waals surface area contributed by atoms with Gasteiger partial charge in [-0.05, 0) is 42.0 Å². The molecule has 0 saturated heterocycles. The van der Waals surface area contributed by atoms with Gasteiger partial charge in [0.05, 0.1) is 0 Å². The summed E-state index contributed by atoms with van der Waals surface area (Å²) in [7, 11) is 0. The van der Waals surface area contributed by atoms with Crippen molar-refractivity contribution in [1.82, 2.24) is 4.98 Å². The summed E-state index contributed by atoms with van der Waals surface area (Å²) in [6.07, 6.45) is 8.44. The molecule has 1 heterocycles. The molecule has 0 unspecified atom stereocenters. The Morgan fingerprint density at radius 2 is 1.94 bits per heavy atom. The molecule has 1 aromatic heterocycles. The predicted molar refractivity (Wildman–Crippen MR) is 68.7 cm³/mol. The molecule has 0 aliphatic heterocycles. The highest BCUT2D eigenvalue weighted by molar-refractivity contribution is 5.84. The van der Waals surface area contributed by atoms with Gasteiger partial charge in [0.2, 0.25) is 0 Å². The first-order valence-corrected chi connectivity index (χ1v) is 6.46. The van der Waals surface area contributed by atoms with E-state index in [1.807, 2.05) is 6.07 Å². The van der Waals surface area contributed by atoms with Crippen molar-refractivity contribution in [2.45, 2.75) is 44.4 Å². The zero-order chi connectivity index (χ0) is 11.9. The highest BCUT2D eigenvalue weighted by Crippen LogP contribution is 2.41. The average molecular weight is 231 g/mol. The predicted octanol–water partition coefficient (Wildman–Crippen LogP) is 4.53. The van der Waals surface area contributed by atoms with Gasteiger partial charge in [-0.25, -0.2) is 4.39 Å². The van der Waals surface area contributed by atoms with Crippen LogP contribution in [-0.2, 0) is 5.41 Å². The molecular weight excluding hydrogens is 213 g/mol. The first-order chi connectivity index (χ1) is 8.19. The van der Waals surface area contributed by atoms with E-state index in [0.29, 0.717) is 0 Å². The fourth-order valence-electron chi connectivity index (χ4n) is 3.19. The molecule has 1 fully saturated rings. The van der Waals surface area contributed by atoms with Crippen LogP contribution < -0.4 is 0 Å². The maximum Gasteiger partial charge on any atom is 0.123 e. The standard InChI is InChI=1S/C15H18FN/c1-15(7-3-2-4-8-15)13-10-17-14-6-5-11(16)9-12(13)14/h5-6,9-10,17H,2-4,7-8H2,1H3. The van der Waals surface area contributed by atoms with E-state index in [4.69, 9.17) is 0 Å². The van der Waals surface area contributed by atoms with E-state index in [9.17, 15) is 4.39 Å². The smallest absolute Gasteiger partial charge is 0.123 e. The van der Waals surface area contributed by atoms with Crippen molar-refractivity contribution >= 4 is 10.9 Å². The van der Waals surface area contributed by atoms with E-state index in [-0.39, 0.29) is 11.2 Å². The van der Waals surface area contributed by atoms with Crippen LogP contribution in [0.2, 0.25) is 0 Å². The van der Waals surface area contributed by atoms with Crippen molar-refractivity contribution < 1.29 is 4.39 Å². The number of nitrogens with one attached hydrogen (secondary N) is 1. The first-order valence-electron chi connectivity index (χ1n) is 6.46. The Balaban J connectivity index is 2.13. The van der Waals surface area contributed by atoms with Gasteiger partial charge in [-0.3, -0.25) is 0 Å². The second-order valence-corrected chi connectivity index (χ2v) is 5.51. The minimum atomic E-state index is -0.141. The third kappa shape index (κ3) is 1.76. The lowest BCUT2D eigenvalue weighted by molar-refractivity contribution is 0.322. The van der Waals surface area contributed by atoms with Crippen LogP contribution in [0, 0.1) is 5.82 Å². The van der Waals surface area contributed by atoms with Crippen molar-refractivity contribution in [1.29, 1.82) is 0 Å². The Bertz CT molecular complexity index is 535. The van der Waals surface area contributed by atoms with Gasteiger partial charge in [-0.1, -0.05) is 26.2 Å². The van der Waals surface area contributed by atoms with Crippen LogP contribution in [0.5, 0.6) is 0 Å². The number of aromatic nitrogens is 1. The van der Waals surface area contributed by atoms with Crippen molar-refractivity contribution in [2.24, 2.45) is 0 Å². The van der Waals surface area contributed by atoms with Crippen molar-refractivity contribution in [2.75, 3.05) is 0 Å². The van der Waals surface area contributed by atoms with Gasteiger partial charge in [0, 0.05) is 17.1 Å². The van der Waals surface area contributed by atoms with Gasteiger partial charge in [0.1, 0.15) is 5.82 Å². The van der Waals surface area contributed by atoms with Gasteiger partial charge in [0.15, 0.2) is 0 Å². The Kier molecular flexibility index (Phi) is 2.46. The van der Waals surface area contributed by atoms with Gasteiger partial charge in [-0.15, -0.1) is 0 Å². The van der Waals surface area contributed by atoms with Crippen LogP contribution in [0.3, 0.4) is 0 Å². The van der Waals surface area contributed by atoms with Crippen molar-refractivity contribution in [3.05, 3.63) is 35.8 Å². The maximum atomic E-state index is 13.4. The topological polar surface area (TPSA) is 15.8 Å². The summed E-state index contributed by atoms with van der Waals surface area (Å²) in [5.74, 6) is -0.141. The number of hydrogen-bond donors (Lipinski definition) is 1. The third-order valence-electron chi connectivity index (χ3n) is 4.25. The fourth-order valence-corrected chi connectivity index (χ4v) is 3.19. The number of halogens is 1. The maximum absolute atomic E-state index is 13.4. The Morgan fingerprint density at radius 3 is 2.71 bits per heavy atom. The summed E-state index contributed by atoms with van der Waals surface area (Å²) in [5, 5.41) is 1.06. The van der Waals surface area contributed by atoms with Crippen LogP contribution in [0.4, 0.5) is 4.39 Å². The summed E-state index contributed by atoms with van der Waals surface area (Å²) in [6, 6.07) is 5.02. The van der Waals surface area contributed by atoms with Crippen LogP contribution in [0.25, 0.3) is 10.9 Å². The fraction of sp³-hybridized carbons (Fsp3) is 0.467. The van der Waals surface area contributed by atoms with Gasteiger partial charge in [0.25, 0.3) is 0 Å². The van der Waals surface area contributed by atoms with Gasteiger partial charge >= 0.3 is 0 Å². The number of hydrogen-bond acceptors (Lipinski definition) is 0. The molecule has 1 aliphatic carbocycles. The molecule has 17 heavy (non-hydrogen) atoms. The van der Waals surface area contributed by atoms with E-state index in [2.05, 4.69) is 18.1 Å². The number of aromatic amines is 1. The lowest BCUT2D eigenvalue weighted by Gasteiger charge is -2.33. The molecule has 0 bridgehead atoms. The molecule has 2 aromatic rings. The molecule has 0 amide bonds. The number of fused-ring (bicyclic) bond motifs is 1. The van der Waals surface area contributed by atoms with Crippen LogP contribution in [0.1, 0.15) is 44.6 Å². The largest absolute Gasteiger partial charge is 0.361 e.